The first-order valence-corrected chi connectivity index (χ1v) is 7.78. The number of aromatic amines is 1. The number of halogens is 1. The molecule has 1 aliphatic heterocycles. The van der Waals surface area contributed by atoms with Gasteiger partial charge in [0.1, 0.15) is 12.2 Å². The zero-order chi connectivity index (χ0) is 16.1. The Bertz CT molecular complexity index is 647. The van der Waals surface area contributed by atoms with Gasteiger partial charge < -0.3 is 9.64 Å². The minimum atomic E-state index is -0.419. The normalized spacial score (nSPS) is 18.0. The number of carbonyl (C=O) groups is 1. The quantitative estimate of drug-likeness (QED) is 0.919. The maximum atomic E-state index is 13.5. The van der Waals surface area contributed by atoms with Crippen LogP contribution < -0.4 is 4.74 Å². The topological polar surface area (TPSA) is 71.1 Å². The molecule has 1 N–H and O–H groups in total. The van der Waals surface area contributed by atoms with E-state index in [1.54, 1.807) is 18.2 Å². The van der Waals surface area contributed by atoms with Crippen LogP contribution in [0.5, 0.6) is 5.75 Å². The summed E-state index contributed by atoms with van der Waals surface area (Å²) in [5, 5.41) is 6.71. The third-order valence-electron chi connectivity index (χ3n) is 3.98. The number of hydrogen-bond acceptors (Lipinski definition) is 4. The van der Waals surface area contributed by atoms with Crippen LogP contribution in [0.1, 0.15) is 37.5 Å². The number of para-hydroxylation sites is 1. The minimum Gasteiger partial charge on any atom is -0.490 e. The van der Waals surface area contributed by atoms with Crippen molar-refractivity contribution in [3.05, 3.63) is 42.2 Å². The average Bonchev–Trinajstić information content (AvgIpc) is 3.11. The molecule has 23 heavy (non-hydrogen) atoms. The van der Waals surface area contributed by atoms with E-state index in [4.69, 9.17) is 4.74 Å². The van der Waals surface area contributed by atoms with Crippen molar-refractivity contribution in [2.24, 2.45) is 0 Å². The molecule has 1 amide bonds. The predicted octanol–water partition coefficient (Wildman–Crippen LogP) is 2.47. The Labute approximate surface area is 133 Å². The van der Waals surface area contributed by atoms with E-state index in [-0.39, 0.29) is 30.7 Å². The number of carbonyl (C=O) groups excluding carboxylic acids is 1. The lowest BCUT2D eigenvalue weighted by Crippen LogP contribution is -2.39. The van der Waals surface area contributed by atoms with E-state index in [9.17, 15) is 9.18 Å². The number of amides is 1. The van der Waals surface area contributed by atoms with Gasteiger partial charge in [0.2, 0.25) is 5.91 Å². The highest BCUT2D eigenvalue weighted by molar-refractivity contribution is 5.76. The van der Waals surface area contributed by atoms with Crippen molar-refractivity contribution in [3.8, 4) is 5.75 Å². The molecular weight excluding hydrogens is 299 g/mol. The summed E-state index contributed by atoms with van der Waals surface area (Å²) in [6.07, 6.45) is 4.56. The molecule has 0 unspecified atom stereocenters. The highest BCUT2D eigenvalue weighted by atomic mass is 19.1. The molecule has 1 aromatic carbocycles. The molecule has 0 spiro atoms. The molecule has 1 aliphatic rings. The van der Waals surface area contributed by atoms with Gasteiger partial charge in [0, 0.05) is 6.54 Å². The van der Waals surface area contributed by atoms with Gasteiger partial charge in [-0.15, -0.1) is 0 Å². The molecule has 2 aromatic rings. The summed E-state index contributed by atoms with van der Waals surface area (Å²) in [6.45, 7) is 0.850. The Morgan fingerprint density at radius 3 is 3.04 bits per heavy atom. The van der Waals surface area contributed by atoms with Gasteiger partial charge in [0.15, 0.2) is 11.6 Å². The molecule has 2 heterocycles. The molecular formula is C16H19FN4O2. The summed E-state index contributed by atoms with van der Waals surface area (Å²) in [6, 6.07) is 6.13. The van der Waals surface area contributed by atoms with Crippen LogP contribution in [-0.4, -0.2) is 39.1 Å². The van der Waals surface area contributed by atoms with Crippen LogP contribution in [0.4, 0.5) is 4.39 Å². The van der Waals surface area contributed by atoms with Crippen LogP contribution in [0.2, 0.25) is 0 Å². The maximum absolute atomic E-state index is 13.5. The molecule has 0 saturated carbocycles. The molecule has 3 rings (SSSR count). The van der Waals surface area contributed by atoms with E-state index in [1.807, 2.05) is 4.90 Å². The SMILES string of the molecule is O=C(CCOc1ccccc1F)N1CCCC[C@@H]1c1ncn[nH]1. The third-order valence-corrected chi connectivity index (χ3v) is 3.98. The highest BCUT2D eigenvalue weighted by Gasteiger charge is 2.29. The van der Waals surface area contributed by atoms with Crippen LogP contribution in [0, 0.1) is 5.82 Å². The van der Waals surface area contributed by atoms with Gasteiger partial charge >= 0.3 is 0 Å². The number of aromatic nitrogens is 3. The molecule has 122 valence electrons. The number of likely N-dealkylation sites (tertiary alicyclic amines) is 1. The fourth-order valence-electron chi connectivity index (χ4n) is 2.84. The molecule has 1 fully saturated rings. The summed E-state index contributed by atoms with van der Waals surface area (Å²) < 4.78 is 18.8. The molecule has 0 aliphatic carbocycles. The number of piperidine rings is 1. The molecule has 1 saturated heterocycles. The van der Waals surface area contributed by atoms with E-state index in [2.05, 4.69) is 15.2 Å². The van der Waals surface area contributed by atoms with E-state index in [0.29, 0.717) is 12.4 Å². The van der Waals surface area contributed by atoms with Gasteiger partial charge in [-0.25, -0.2) is 9.37 Å². The highest BCUT2D eigenvalue weighted by Crippen LogP contribution is 2.29. The first kappa shape index (κ1) is 15.5. The Kier molecular flexibility index (Phi) is 4.85. The number of nitrogens with zero attached hydrogens (tertiary/aromatic N) is 3. The van der Waals surface area contributed by atoms with Crippen molar-refractivity contribution in [1.82, 2.24) is 20.1 Å². The van der Waals surface area contributed by atoms with Gasteiger partial charge in [-0.05, 0) is 31.4 Å². The van der Waals surface area contributed by atoms with E-state index in [1.165, 1.54) is 12.4 Å². The summed E-state index contributed by atoms with van der Waals surface area (Å²) in [5.41, 5.74) is 0. The largest absolute Gasteiger partial charge is 0.490 e. The van der Waals surface area contributed by atoms with Crippen molar-refractivity contribution in [1.29, 1.82) is 0 Å². The smallest absolute Gasteiger partial charge is 0.226 e. The summed E-state index contributed by atoms with van der Waals surface area (Å²) in [4.78, 5) is 18.5. The van der Waals surface area contributed by atoms with Crippen LogP contribution >= 0.6 is 0 Å². The number of rotatable bonds is 5. The Balaban J connectivity index is 1.57. The van der Waals surface area contributed by atoms with Gasteiger partial charge in [-0.1, -0.05) is 12.1 Å². The summed E-state index contributed by atoms with van der Waals surface area (Å²) in [7, 11) is 0. The van der Waals surface area contributed by atoms with E-state index >= 15 is 0 Å². The maximum Gasteiger partial charge on any atom is 0.226 e. The van der Waals surface area contributed by atoms with Crippen LogP contribution in [0.25, 0.3) is 0 Å². The van der Waals surface area contributed by atoms with Crippen molar-refractivity contribution < 1.29 is 13.9 Å². The number of nitrogens with one attached hydrogen (secondary N) is 1. The zero-order valence-electron chi connectivity index (χ0n) is 12.7. The van der Waals surface area contributed by atoms with Crippen molar-refractivity contribution in [2.45, 2.75) is 31.7 Å². The second-order valence-electron chi connectivity index (χ2n) is 5.50. The first-order chi connectivity index (χ1) is 11.3. The Morgan fingerprint density at radius 1 is 1.39 bits per heavy atom. The van der Waals surface area contributed by atoms with Gasteiger partial charge in [0.25, 0.3) is 0 Å². The molecule has 6 nitrogen and oxygen atoms in total. The predicted molar refractivity (Wildman–Crippen MR) is 81.2 cm³/mol. The second-order valence-corrected chi connectivity index (χ2v) is 5.50. The molecule has 0 radical (unpaired) electrons. The Hall–Kier alpha value is -2.44. The van der Waals surface area contributed by atoms with Crippen LogP contribution in [0.3, 0.4) is 0 Å². The summed E-state index contributed by atoms with van der Waals surface area (Å²) >= 11 is 0. The van der Waals surface area contributed by atoms with Crippen LogP contribution in [0.15, 0.2) is 30.6 Å². The fourth-order valence-corrected chi connectivity index (χ4v) is 2.84. The number of H-pyrrole nitrogens is 1. The summed E-state index contributed by atoms with van der Waals surface area (Å²) in [5.74, 6) is 0.457. The van der Waals surface area contributed by atoms with Crippen molar-refractivity contribution >= 4 is 5.91 Å². The molecule has 7 heteroatoms. The monoisotopic (exact) mass is 318 g/mol. The fraction of sp³-hybridized carbons (Fsp3) is 0.438. The zero-order valence-corrected chi connectivity index (χ0v) is 12.7. The number of ether oxygens (including phenoxy) is 1. The average molecular weight is 318 g/mol. The third kappa shape index (κ3) is 3.67. The number of benzene rings is 1. The van der Waals surface area contributed by atoms with Gasteiger partial charge in [0.05, 0.1) is 19.1 Å². The van der Waals surface area contributed by atoms with E-state index < -0.39 is 5.82 Å². The molecule has 1 atom stereocenters. The standard InChI is InChI=1S/C16H19FN4O2/c17-12-5-1-2-7-14(12)23-10-8-15(22)21-9-4-3-6-13(21)16-18-11-19-20-16/h1-2,5,7,11,13H,3-4,6,8-10H2,(H,18,19,20)/t13-/m1/s1. The van der Waals surface area contributed by atoms with Crippen LogP contribution in [-0.2, 0) is 4.79 Å². The Morgan fingerprint density at radius 2 is 2.26 bits per heavy atom. The minimum absolute atomic E-state index is 0.0116. The van der Waals surface area contributed by atoms with Crippen molar-refractivity contribution in [3.63, 3.8) is 0 Å². The first-order valence-electron chi connectivity index (χ1n) is 7.78. The molecule has 0 bridgehead atoms. The van der Waals surface area contributed by atoms with Crippen molar-refractivity contribution in [2.75, 3.05) is 13.2 Å². The lowest BCUT2D eigenvalue weighted by Gasteiger charge is -2.34. The second kappa shape index (κ2) is 7.21. The lowest BCUT2D eigenvalue weighted by atomic mass is 10.0. The van der Waals surface area contributed by atoms with Gasteiger partial charge in [-0.3, -0.25) is 9.89 Å². The lowest BCUT2D eigenvalue weighted by molar-refractivity contribution is -0.135. The molecule has 1 aromatic heterocycles. The number of hydrogen-bond donors (Lipinski definition) is 1. The van der Waals surface area contributed by atoms with E-state index in [0.717, 1.165) is 19.3 Å². The van der Waals surface area contributed by atoms with Gasteiger partial charge in [-0.2, -0.15) is 5.10 Å².